The van der Waals surface area contributed by atoms with Crippen molar-refractivity contribution in [2.24, 2.45) is 5.84 Å². The van der Waals surface area contributed by atoms with Crippen molar-refractivity contribution in [2.75, 3.05) is 11.4 Å². The minimum atomic E-state index is -2.59. The van der Waals surface area contributed by atoms with E-state index in [1.54, 1.807) is 30.7 Å². The predicted molar refractivity (Wildman–Crippen MR) is 109 cm³/mol. The third kappa shape index (κ3) is 3.84. The zero-order chi connectivity index (χ0) is 21.4. The van der Waals surface area contributed by atoms with Crippen molar-refractivity contribution < 1.29 is 13.6 Å². The Morgan fingerprint density at radius 1 is 1.47 bits per heavy atom. The number of hydrogen-bond acceptors (Lipinski definition) is 7. The maximum atomic E-state index is 12.5. The van der Waals surface area contributed by atoms with E-state index in [1.807, 2.05) is 11.8 Å². The first kappa shape index (κ1) is 20.5. The number of carbonyl (C=O) groups is 1. The van der Waals surface area contributed by atoms with Crippen molar-refractivity contribution in [2.45, 2.75) is 44.4 Å². The maximum Gasteiger partial charge on any atom is 0.255 e. The van der Waals surface area contributed by atoms with Crippen LogP contribution in [0.3, 0.4) is 0 Å². The highest BCUT2D eigenvalue weighted by molar-refractivity contribution is 6.31. The molecule has 4 heterocycles. The number of nitrogens with one attached hydrogen (secondary N) is 2. The number of hydrogen-bond donors (Lipinski definition) is 3. The van der Waals surface area contributed by atoms with Crippen LogP contribution >= 0.6 is 11.6 Å². The molecule has 11 heteroatoms. The fourth-order valence-electron chi connectivity index (χ4n) is 4.02. The molecule has 30 heavy (non-hydrogen) atoms. The molecule has 0 radical (unpaired) electrons. The van der Waals surface area contributed by atoms with E-state index >= 15 is 0 Å². The van der Waals surface area contributed by atoms with Gasteiger partial charge in [-0.05, 0) is 31.9 Å². The number of rotatable bonds is 5. The summed E-state index contributed by atoms with van der Waals surface area (Å²) < 4.78 is 25.0. The summed E-state index contributed by atoms with van der Waals surface area (Å²) in [6.07, 6.45) is 5.26. The summed E-state index contributed by atoms with van der Waals surface area (Å²) in [4.78, 5) is 23.4. The molecule has 4 N–H and O–H groups in total. The first-order chi connectivity index (χ1) is 14.3. The molecule has 1 fully saturated rings. The van der Waals surface area contributed by atoms with Crippen LogP contribution in [0.1, 0.15) is 25.6 Å². The molecule has 0 saturated carbocycles. The molecule has 3 aliphatic rings. The van der Waals surface area contributed by atoms with E-state index in [4.69, 9.17) is 17.4 Å². The lowest BCUT2D eigenvalue weighted by Gasteiger charge is -2.29. The van der Waals surface area contributed by atoms with Gasteiger partial charge in [-0.25, -0.2) is 24.6 Å². The maximum absolute atomic E-state index is 12.5. The molecular formula is C19H22ClF2N7O. The monoisotopic (exact) mass is 437 g/mol. The van der Waals surface area contributed by atoms with Crippen LogP contribution in [0.4, 0.5) is 14.6 Å². The molecule has 1 unspecified atom stereocenters. The molecule has 8 nitrogen and oxygen atoms in total. The molecule has 0 aromatic carbocycles. The third-order valence-corrected chi connectivity index (χ3v) is 5.62. The first-order valence-corrected chi connectivity index (χ1v) is 9.99. The Hall–Kier alpha value is -2.72. The molecule has 0 spiro atoms. The number of carbonyl (C=O) groups excluding carboxylic acids is 1. The van der Waals surface area contributed by atoms with Gasteiger partial charge in [-0.1, -0.05) is 11.6 Å². The molecule has 4 rings (SSSR count). The molecule has 1 aromatic heterocycles. The van der Waals surface area contributed by atoms with E-state index in [1.165, 1.54) is 5.01 Å². The second kappa shape index (κ2) is 8.19. The standard InChI is InChI=1S/C19H22ClF2N7O/c1-10-2-3-14(19(30)26-8-15(21)22)29(10)16-4-5-24-17(27-16)13-9-28(23)18-12(13)6-11(20)7-25-18/h4-7,9-10,14-15,18,25H,2-3,8,23H2,1H3,(H,26,30)/t10-,14-,18?/m1/s1. The Morgan fingerprint density at radius 2 is 2.27 bits per heavy atom. The van der Waals surface area contributed by atoms with Crippen molar-refractivity contribution in [3.05, 3.63) is 47.2 Å². The number of alkyl halides is 2. The lowest BCUT2D eigenvalue weighted by atomic mass is 10.0. The zero-order valence-corrected chi connectivity index (χ0v) is 17.0. The summed E-state index contributed by atoms with van der Waals surface area (Å²) in [6.45, 7) is 1.31. The topological polar surface area (TPSA) is 99.4 Å². The van der Waals surface area contributed by atoms with Gasteiger partial charge in [0.25, 0.3) is 6.43 Å². The van der Waals surface area contributed by atoms with Crippen molar-refractivity contribution in [1.29, 1.82) is 0 Å². The number of aromatic nitrogens is 2. The highest BCUT2D eigenvalue weighted by atomic mass is 35.5. The number of hydrazine groups is 1. The molecule has 1 saturated heterocycles. The molecule has 0 aliphatic carbocycles. The zero-order valence-electron chi connectivity index (χ0n) is 16.2. The summed E-state index contributed by atoms with van der Waals surface area (Å²) >= 11 is 6.13. The Bertz CT molecular complexity index is 935. The van der Waals surface area contributed by atoms with E-state index < -0.39 is 24.9 Å². The number of nitrogens with two attached hydrogens (primary N) is 1. The van der Waals surface area contributed by atoms with E-state index in [-0.39, 0.29) is 12.2 Å². The number of allylic oxidation sites excluding steroid dienone is 2. The van der Waals surface area contributed by atoms with Gasteiger partial charge in [0.15, 0.2) is 5.82 Å². The van der Waals surface area contributed by atoms with E-state index in [9.17, 15) is 13.6 Å². The van der Waals surface area contributed by atoms with Gasteiger partial charge < -0.3 is 15.5 Å². The summed E-state index contributed by atoms with van der Waals surface area (Å²) in [5, 5.41) is 7.46. The third-order valence-electron chi connectivity index (χ3n) is 5.40. The fraction of sp³-hybridized carbons (Fsp3) is 0.421. The highest BCUT2D eigenvalue weighted by Gasteiger charge is 2.37. The van der Waals surface area contributed by atoms with Gasteiger partial charge in [-0.15, -0.1) is 0 Å². The molecule has 3 aliphatic heterocycles. The predicted octanol–water partition coefficient (Wildman–Crippen LogP) is 1.68. The van der Waals surface area contributed by atoms with Crippen LogP contribution in [0.5, 0.6) is 0 Å². The van der Waals surface area contributed by atoms with Crippen molar-refractivity contribution in [3.8, 4) is 0 Å². The number of amides is 1. The van der Waals surface area contributed by atoms with Gasteiger partial charge in [0, 0.05) is 35.8 Å². The number of fused-ring (bicyclic) bond motifs is 1. The lowest BCUT2D eigenvalue weighted by Crippen LogP contribution is -2.47. The summed E-state index contributed by atoms with van der Waals surface area (Å²) in [7, 11) is 0. The molecule has 3 atom stereocenters. The summed E-state index contributed by atoms with van der Waals surface area (Å²) in [5.74, 6) is 6.64. The first-order valence-electron chi connectivity index (χ1n) is 9.61. The minimum Gasteiger partial charge on any atom is -0.365 e. The minimum absolute atomic E-state index is 0.0271. The average Bonchev–Trinajstić information content (AvgIpc) is 3.26. The second-order valence-corrected chi connectivity index (χ2v) is 7.85. The van der Waals surface area contributed by atoms with Crippen molar-refractivity contribution >= 4 is 28.9 Å². The molecule has 0 bridgehead atoms. The smallest absolute Gasteiger partial charge is 0.255 e. The van der Waals surface area contributed by atoms with Crippen LogP contribution in [0.25, 0.3) is 5.57 Å². The number of halogens is 3. The average molecular weight is 438 g/mol. The SMILES string of the molecule is C[C@@H]1CC[C@H](C(=O)NCC(F)F)N1c1ccnc(C2=CN(N)C3NC=C(Cl)C=C23)n1. The Kier molecular flexibility index (Phi) is 5.61. The van der Waals surface area contributed by atoms with Crippen LogP contribution < -0.4 is 21.4 Å². The van der Waals surface area contributed by atoms with Crippen LogP contribution in [0, 0.1) is 0 Å². The Morgan fingerprint density at radius 3 is 3.03 bits per heavy atom. The normalized spacial score (nSPS) is 25.5. The van der Waals surface area contributed by atoms with Crippen LogP contribution in [0.2, 0.25) is 0 Å². The van der Waals surface area contributed by atoms with Gasteiger partial charge in [-0.2, -0.15) is 0 Å². The van der Waals surface area contributed by atoms with Gasteiger partial charge in [0.05, 0.1) is 11.6 Å². The molecular weight excluding hydrogens is 416 g/mol. The van der Waals surface area contributed by atoms with Crippen LogP contribution in [-0.2, 0) is 4.79 Å². The molecule has 1 aromatic rings. The van der Waals surface area contributed by atoms with E-state index in [0.717, 1.165) is 12.0 Å². The summed E-state index contributed by atoms with van der Waals surface area (Å²) in [5.41, 5.74) is 1.55. The number of nitrogens with zero attached hydrogens (tertiary/aromatic N) is 4. The van der Waals surface area contributed by atoms with Crippen molar-refractivity contribution in [1.82, 2.24) is 25.6 Å². The van der Waals surface area contributed by atoms with Crippen LogP contribution in [0.15, 0.2) is 41.3 Å². The van der Waals surface area contributed by atoms with Gasteiger partial charge in [-0.3, -0.25) is 9.80 Å². The fourth-order valence-corrected chi connectivity index (χ4v) is 4.20. The highest BCUT2D eigenvalue weighted by Crippen LogP contribution is 2.35. The summed E-state index contributed by atoms with van der Waals surface area (Å²) in [6, 6.07) is 1.18. The van der Waals surface area contributed by atoms with Gasteiger partial charge in [0.2, 0.25) is 5.91 Å². The molecule has 160 valence electrons. The number of anilines is 1. The second-order valence-electron chi connectivity index (χ2n) is 7.41. The Balaban J connectivity index is 1.62. The van der Waals surface area contributed by atoms with Crippen LogP contribution in [-0.4, -0.2) is 52.1 Å². The lowest BCUT2D eigenvalue weighted by molar-refractivity contribution is -0.122. The molecule has 1 amide bonds. The van der Waals surface area contributed by atoms with Crippen molar-refractivity contribution in [3.63, 3.8) is 0 Å². The van der Waals surface area contributed by atoms with Gasteiger partial charge in [0.1, 0.15) is 18.0 Å². The van der Waals surface area contributed by atoms with E-state index in [0.29, 0.717) is 28.7 Å². The van der Waals surface area contributed by atoms with Gasteiger partial charge >= 0.3 is 0 Å². The number of dihydropyridines is 1. The largest absolute Gasteiger partial charge is 0.365 e. The van der Waals surface area contributed by atoms with E-state index in [2.05, 4.69) is 20.6 Å². The quantitative estimate of drug-likeness (QED) is 0.603. The Labute approximate surface area is 177 Å².